The largest absolute Gasteiger partial charge is 0.488 e. The lowest BCUT2D eigenvalue weighted by atomic mass is 10.2. The molecule has 2 aromatic carbocycles. The van der Waals surface area contributed by atoms with Crippen LogP contribution in [0.4, 0.5) is 5.13 Å². The number of nitrogen functional groups attached to an aromatic ring is 1. The van der Waals surface area contributed by atoms with Gasteiger partial charge in [-0.15, -0.1) is 0 Å². The van der Waals surface area contributed by atoms with Gasteiger partial charge in [-0.25, -0.2) is 4.98 Å². The van der Waals surface area contributed by atoms with Crippen LogP contribution in [-0.2, 0) is 6.61 Å². The Kier molecular flexibility index (Phi) is 3.65. The Balaban J connectivity index is 1.83. The average molecular weight is 282 g/mol. The summed E-state index contributed by atoms with van der Waals surface area (Å²) in [5, 5.41) is 0.567. The molecule has 100 valence electrons. The predicted molar refractivity (Wildman–Crippen MR) is 82.7 cm³/mol. The molecule has 0 spiro atoms. The molecule has 0 bridgehead atoms. The highest BCUT2D eigenvalue weighted by atomic mass is 32.1. The monoisotopic (exact) mass is 282 g/mol. The van der Waals surface area contributed by atoms with Crippen molar-refractivity contribution in [2.45, 2.75) is 6.61 Å². The summed E-state index contributed by atoms with van der Waals surface area (Å²) in [7, 11) is 0. The van der Waals surface area contributed by atoms with Crippen LogP contribution in [0.15, 0.2) is 60.8 Å². The minimum absolute atomic E-state index is 0.548. The van der Waals surface area contributed by atoms with Crippen molar-refractivity contribution in [3.8, 4) is 16.2 Å². The molecule has 0 aliphatic carbocycles. The number of nitrogens with zero attached hydrogens (tertiary/aromatic N) is 1. The summed E-state index contributed by atoms with van der Waals surface area (Å²) >= 11 is 1.46. The molecule has 2 N–H and O–H groups in total. The molecule has 0 unspecified atom stereocenters. The van der Waals surface area contributed by atoms with Gasteiger partial charge < -0.3 is 10.5 Å². The van der Waals surface area contributed by atoms with Gasteiger partial charge in [-0.1, -0.05) is 53.8 Å². The van der Waals surface area contributed by atoms with E-state index in [-0.39, 0.29) is 0 Å². The number of rotatable bonds is 4. The number of nitrogens with two attached hydrogens (primary N) is 1. The highest BCUT2D eigenvalue weighted by Gasteiger charge is 2.08. The van der Waals surface area contributed by atoms with Crippen molar-refractivity contribution in [3.63, 3.8) is 0 Å². The molecular formula is C16H14N2OS. The zero-order valence-corrected chi connectivity index (χ0v) is 11.6. The molecule has 3 rings (SSSR count). The van der Waals surface area contributed by atoms with E-state index in [2.05, 4.69) is 4.98 Å². The molecule has 20 heavy (non-hydrogen) atoms. The summed E-state index contributed by atoms with van der Waals surface area (Å²) in [4.78, 5) is 5.11. The number of aromatic nitrogens is 1. The summed E-state index contributed by atoms with van der Waals surface area (Å²) in [6.07, 6.45) is 1.78. The Labute approximate surface area is 121 Å². The van der Waals surface area contributed by atoms with Crippen LogP contribution < -0.4 is 10.5 Å². The summed E-state index contributed by atoms with van der Waals surface area (Å²) in [5.74, 6) is 0.847. The van der Waals surface area contributed by atoms with Gasteiger partial charge in [0.2, 0.25) is 0 Å². The van der Waals surface area contributed by atoms with Crippen molar-refractivity contribution in [3.05, 3.63) is 66.4 Å². The molecule has 3 nitrogen and oxygen atoms in total. The third-order valence-electron chi connectivity index (χ3n) is 2.91. The molecule has 4 heteroatoms. The van der Waals surface area contributed by atoms with E-state index in [0.29, 0.717) is 11.7 Å². The summed E-state index contributed by atoms with van der Waals surface area (Å²) in [6, 6.07) is 18.1. The van der Waals surface area contributed by atoms with Crippen molar-refractivity contribution in [1.29, 1.82) is 0 Å². The molecular weight excluding hydrogens is 268 g/mol. The highest BCUT2D eigenvalue weighted by Crippen LogP contribution is 2.34. The summed E-state index contributed by atoms with van der Waals surface area (Å²) in [6.45, 7) is 0.548. The van der Waals surface area contributed by atoms with Crippen molar-refractivity contribution >= 4 is 16.5 Å². The first kappa shape index (κ1) is 12.7. The quantitative estimate of drug-likeness (QED) is 0.787. The van der Waals surface area contributed by atoms with Crippen LogP contribution in [0.1, 0.15) is 5.56 Å². The second-order valence-electron chi connectivity index (χ2n) is 4.33. The molecule has 0 aliphatic rings. The molecule has 0 amide bonds. The number of ether oxygens (including phenoxy) is 1. The Morgan fingerprint density at radius 1 is 1.00 bits per heavy atom. The molecule has 0 saturated carbocycles. The van der Waals surface area contributed by atoms with Crippen LogP contribution in [0.3, 0.4) is 0 Å². The fraction of sp³-hybridized carbons (Fsp3) is 0.0625. The second kappa shape index (κ2) is 5.75. The first-order valence-corrected chi connectivity index (χ1v) is 7.12. The number of para-hydroxylation sites is 1. The van der Waals surface area contributed by atoms with Gasteiger partial charge in [-0.3, -0.25) is 0 Å². The zero-order valence-electron chi connectivity index (χ0n) is 10.8. The van der Waals surface area contributed by atoms with Crippen molar-refractivity contribution in [1.82, 2.24) is 4.98 Å². The van der Waals surface area contributed by atoms with E-state index >= 15 is 0 Å². The Bertz CT molecular complexity index is 694. The van der Waals surface area contributed by atoms with Gasteiger partial charge in [0.15, 0.2) is 5.13 Å². The van der Waals surface area contributed by atoms with E-state index < -0.39 is 0 Å². The van der Waals surface area contributed by atoms with Gasteiger partial charge in [-0.05, 0) is 17.7 Å². The van der Waals surface area contributed by atoms with Gasteiger partial charge >= 0.3 is 0 Å². The topological polar surface area (TPSA) is 48.1 Å². The standard InChI is InChI=1S/C16H14N2OS/c17-16-18-10-15(20-16)13-8-4-5-9-14(13)19-11-12-6-2-1-3-7-12/h1-10H,11H2,(H2,17,18). The second-order valence-corrected chi connectivity index (χ2v) is 5.40. The average Bonchev–Trinajstić information content (AvgIpc) is 2.93. The maximum absolute atomic E-state index is 5.92. The van der Waals surface area contributed by atoms with Crippen LogP contribution in [0.25, 0.3) is 10.4 Å². The zero-order chi connectivity index (χ0) is 13.8. The number of thiazole rings is 1. The third kappa shape index (κ3) is 2.81. The first-order valence-electron chi connectivity index (χ1n) is 6.30. The van der Waals surface area contributed by atoms with Crippen LogP contribution >= 0.6 is 11.3 Å². The number of anilines is 1. The Hall–Kier alpha value is -2.33. The Morgan fingerprint density at radius 3 is 2.50 bits per heavy atom. The fourth-order valence-electron chi connectivity index (χ4n) is 1.94. The maximum atomic E-state index is 5.92. The first-order chi connectivity index (χ1) is 9.83. The van der Waals surface area contributed by atoms with Gasteiger partial charge in [-0.2, -0.15) is 0 Å². The van der Waals surface area contributed by atoms with Crippen LogP contribution in [0.2, 0.25) is 0 Å². The molecule has 0 radical (unpaired) electrons. The van der Waals surface area contributed by atoms with Gasteiger partial charge in [0, 0.05) is 11.8 Å². The minimum Gasteiger partial charge on any atom is -0.488 e. The number of hydrogen-bond acceptors (Lipinski definition) is 4. The number of benzene rings is 2. The van der Waals surface area contributed by atoms with Crippen LogP contribution in [-0.4, -0.2) is 4.98 Å². The molecule has 0 fully saturated rings. The third-order valence-corrected chi connectivity index (χ3v) is 3.77. The smallest absolute Gasteiger partial charge is 0.180 e. The highest BCUT2D eigenvalue weighted by molar-refractivity contribution is 7.18. The van der Waals surface area contributed by atoms with Gasteiger partial charge in [0.25, 0.3) is 0 Å². The van der Waals surface area contributed by atoms with E-state index in [1.165, 1.54) is 11.3 Å². The number of hydrogen-bond donors (Lipinski definition) is 1. The van der Waals surface area contributed by atoms with Gasteiger partial charge in [0.1, 0.15) is 12.4 Å². The molecule has 0 aliphatic heterocycles. The normalized spacial score (nSPS) is 10.4. The van der Waals surface area contributed by atoms with E-state index in [4.69, 9.17) is 10.5 Å². The van der Waals surface area contributed by atoms with E-state index in [1.54, 1.807) is 6.20 Å². The lowest BCUT2D eigenvalue weighted by Crippen LogP contribution is -1.96. The van der Waals surface area contributed by atoms with E-state index in [1.807, 2.05) is 54.6 Å². The van der Waals surface area contributed by atoms with Crippen LogP contribution in [0, 0.1) is 0 Å². The summed E-state index contributed by atoms with van der Waals surface area (Å²) < 4.78 is 5.92. The SMILES string of the molecule is Nc1ncc(-c2ccccc2OCc2ccccc2)s1. The van der Waals surface area contributed by atoms with Crippen molar-refractivity contribution < 1.29 is 4.74 Å². The van der Waals surface area contributed by atoms with E-state index in [9.17, 15) is 0 Å². The summed E-state index contributed by atoms with van der Waals surface area (Å²) in [5.41, 5.74) is 7.87. The molecule has 0 atom stereocenters. The van der Waals surface area contributed by atoms with Crippen molar-refractivity contribution in [2.24, 2.45) is 0 Å². The lowest BCUT2D eigenvalue weighted by Gasteiger charge is -2.10. The minimum atomic E-state index is 0.548. The molecule has 1 aromatic heterocycles. The molecule has 0 saturated heterocycles. The fourth-order valence-corrected chi connectivity index (χ4v) is 2.66. The molecule has 3 aromatic rings. The van der Waals surface area contributed by atoms with Gasteiger partial charge in [0.05, 0.1) is 4.88 Å². The maximum Gasteiger partial charge on any atom is 0.180 e. The Morgan fingerprint density at radius 2 is 1.75 bits per heavy atom. The predicted octanol–water partition coefficient (Wildman–Crippen LogP) is 3.97. The van der Waals surface area contributed by atoms with E-state index in [0.717, 1.165) is 21.8 Å². The van der Waals surface area contributed by atoms with Crippen molar-refractivity contribution in [2.75, 3.05) is 5.73 Å². The van der Waals surface area contributed by atoms with Crippen LogP contribution in [0.5, 0.6) is 5.75 Å². The lowest BCUT2D eigenvalue weighted by molar-refractivity contribution is 0.307. The molecule has 1 heterocycles.